The first-order chi connectivity index (χ1) is 14.4. The summed E-state index contributed by atoms with van der Waals surface area (Å²) < 4.78 is 15.0. The lowest BCUT2D eigenvalue weighted by Gasteiger charge is -2.05. The molecule has 4 aromatic rings. The monoisotopic (exact) mass is 423 g/mol. The van der Waals surface area contributed by atoms with E-state index in [2.05, 4.69) is 10.3 Å². The number of carbonyl (C=O) groups is 2. The van der Waals surface area contributed by atoms with Crippen molar-refractivity contribution in [3.8, 4) is 5.75 Å². The minimum atomic E-state index is -0.868. The number of halogens is 2. The van der Waals surface area contributed by atoms with E-state index in [1.807, 2.05) is 0 Å². The van der Waals surface area contributed by atoms with Gasteiger partial charge in [0.1, 0.15) is 11.6 Å². The summed E-state index contributed by atoms with van der Waals surface area (Å²) in [5, 5.41) is 13.0. The maximum atomic E-state index is 13.2. The Morgan fingerprint density at radius 1 is 1.13 bits per heavy atom. The second kappa shape index (κ2) is 7.96. The number of ketones is 1. The summed E-state index contributed by atoms with van der Waals surface area (Å²) in [5.41, 5.74) is 1.86. The van der Waals surface area contributed by atoms with Crippen molar-refractivity contribution in [2.45, 2.75) is 6.54 Å². The van der Waals surface area contributed by atoms with Gasteiger partial charge in [-0.2, -0.15) is 0 Å². The van der Waals surface area contributed by atoms with Crippen LogP contribution in [0.15, 0.2) is 67.1 Å². The molecule has 8 heteroatoms. The number of nitrogens with zero attached hydrogens (tertiary/aromatic N) is 2. The number of aromatic hydroxyl groups is 1. The molecule has 0 atom stereocenters. The first kappa shape index (κ1) is 19.6. The van der Waals surface area contributed by atoms with Gasteiger partial charge in [0, 0.05) is 36.0 Å². The van der Waals surface area contributed by atoms with E-state index in [-0.39, 0.29) is 27.8 Å². The minimum Gasteiger partial charge on any atom is -0.508 e. The molecule has 0 aliphatic rings. The summed E-state index contributed by atoms with van der Waals surface area (Å²) >= 11 is 5.99. The molecule has 6 nitrogen and oxygen atoms in total. The number of carbonyl (C=O) groups excluding carboxylic acids is 2. The molecule has 1 amide bonds. The third kappa shape index (κ3) is 3.88. The number of aromatic nitrogens is 2. The van der Waals surface area contributed by atoms with Gasteiger partial charge in [-0.05, 0) is 42.0 Å². The van der Waals surface area contributed by atoms with Gasteiger partial charge in [0.2, 0.25) is 0 Å². The van der Waals surface area contributed by atoms with Crippen LogP contribution in [-0.2, 0) is 11.3 Å². The van der Waals surface area contributed by atoms with Gasteiger partial charge in [0.15, 0.2) is 0 Å². The lowest BCUT2D eigenvalue weighted by Crippen LogP contribution is -2.23. The van der Waals surface area contributed by atoms with Crippen molar-refractivity contribution in [1.82, 2.24) is 9.55 Å². The highest BCUT2D eigenvalue weighted by atomic mass is 35.5. The molecular weight excluding hydrogens is 409 g/mol. The van der Waals surface area contributed by atoms with Gasteiger partial charge in [0.05, 0.1) is 16.3 Å². The van der Waals surface area contributed by atoms with Gasteiger partial charge < -0.3 is 15.0 Å². The minimum absolute atomic E-state index is 0.0336. The van der Waals surface area contributed by atoms with Gasteiger partial charge in [-0.25, -0.2) is 4.39 Å². The Hall–Kier alpha value is -3.71. The van der Waals surface area contributed by atoms with Gasteiger partial charge in [-0.15, -0.1) is 0 Å². The summed E-state index contributed by atoms with van der Waals surface area (Å²) in [7, 11) is 0. The Kier molecular flexibility index (Phi) is 5.20. The van der Waals surface area contributed by atoms with Crippen LogP contribution >= 0.6 is 11.6 Å². The zero-order valence-corrected chi connectivity index (χ0v) is 16.2. The smallest absolute Gasteiger partial charge is 0.296 e. The summed E-state index contributed by atoms with van der Waals surface area (Å²) in [5.74, 6) is -2.03. The van der Waals surface area contributed by atoms with Crippen LogP contribution in [0.2, 0.25) is 5.02 Å². The maximum Gasteiger partial charge on any atom is 0.296 e. The predicted molar refractivity (Wildman–Crippen MR) is 111 cm³/mol. The van der Waals surface area contributed by atoms with E-state index in [9.17, 15) is 19.1 Å². The van der Waals surface area contributed by atoms with Crippen molar-refractivity contribution in [2.75, 3.05) is 5.32 Å². The van der Waals surface area contributed by atoms with Crippen LogP contribution in [-0.4, -0.2) is 26.3 Å². The molecule has 30 heavy (non-hydrogen) atoms. The van der Waals surface area contributed by atoms with Gasteiger partial charge in [0.25, 0.3) is 11.7 Å². The van der Waals surface area contributed by atoms with Crippen molar-refractivity contribution in [1.29, 1.82) is 0 Å². The van der Waals surface area contributed by atoms with Crippen LogP contribution in [0.5, 0.6) is 5.75 Å². The van der Waals surface area contributed by atoms with E-state index in [0.717, 1.165) is 5.56 Å². The molecule has 0 saturated carbocycles. The highest BCUT2D eigenvalue weighted by molar-refractivity contribution is 6.49. The second-order valence-electron chi connectivity index (χ2n) is 6.64. The third-order valence-electron chi connectivity index (χ3n) is 4.60. The Morgan fingerprint density at radius 3 is 2.63 bits per heavy atom. The molecule has 4 rings (SSSR count). The number of fused-ring (bicyclic) bond motifs is 1. The molecule has 2 N–H and O–H groups in total. The fourth-order valence-electron chi connectivity index (χ4n) is 3.16. The highest BCUT2D eigenvalue weighted by Crippen LogP contribution is 2.27. The predicted octanol–water partition coefficient (Wildman–Crippen LogP) is 4.40. The topological polar surface area (TPSA) is 84.2 Å². The van der Waals surface area contributed by atoms with Gasteiger partial charge in [-0.1, -0.05) is 23.7 Å². The van der Waals surface area contributed by atoms with E-state index in [1.165, 1.54) is 42.7 Å². The molecule has 0 radical (unpaired) electrons. The average Bonchev–Trinajstić information content (AvgIpc) is 3.08. The lowest BCUT2D eigenvalue weighted by atomic mass is 10.1. The van der Waals surface area contributed by atoms with Crippen LogP contribution in [0, 0.1) is 5.82 Å². The van der Waals surface area contributed by atoms with Gasteiger partial charge in [-0.3, -0.25) is 14.6 Å². The fourth-order valence-corrected chi connectivity index (χ4v) is 3.33. The van der Waals surface area contributed by atoms with Crippen LogP contribution in [0.4, 0.5) is 10.1 Å². The van der Waals surface area contributed by atoms with Crippen LogP contribution < -0.4 is 5.32 Å². The number of phenolic OH excluding ortho intramolecular Hbond substituents is 1. The standard InChI is InChI=1S/C22H15ClFN3O3/c23-18-10-25-8-7-19(18)26-22(30)21(29)17-12-27(11-13-1-3-14(24)4-2-13)20-6-5-15(28)9-16(17)20/h1-10,12,28H,11H2,(H,25,26,30). The van der Waals surface area contributed by atoms with Crippen molar-refractivity contribution in [3.63, 3.8) is 0 Å². The average molecular weight is 424 g/mol. The van der Waals surface area contributed by atoms with Crippen molar-refractivity contribution in [3.05, 3.63) is 89.1 Å². The first-order valence-electron chi connectivity index (χ1n) is 8.94. The number of hydrogen-bond acceptors (Lipinski definition) is 4. The molecule has 0 aliphatic heterocycles. The van der Waals surface area contributed by atoms with Crippen molar-refractivity contribution >= 4 is 39.9 Å². The number of nitrogens with one attached hydrogen (secondary N) is 1. The van der Waals surface area contributed by atoms with Crippen LogP contribution in [0.25, 0.3) is 10.9 Å². The maximum absolute atomic E-state index is 13.2. The zero-order valence-electron chi connectivity index (χ0n) is 15.5. The first-order valence-corrected chi connectivity index (χ1v) is 9.31. The summed E-state index contributed by atoms with van der Waals surface area (Å²) in [6.45, 7) is 0.354. The number of rotatable bonds is 5. The molecule has 0 saturated heterocycles. The molecule has 2 aromatic carbocycles. The molecule has 0 spiro atoms. The molecule has 2 heterocycles. The highest BCUT2D eigenvalue weighted by Gasteiger charge is 2.23. The van der Waals surface area contributed by atoms with Crippen molar-refractivity contribution < 1.29 is 19.1 Å². The quantitative estimate of drug-likeness (QED) is 0.368. The van der Waals surface area contributed by atoms with Crippen LogP contribution in [0.1, 0.15) is 15.9 Å². The molecule has 2 aromatic heterocycles. The number of hydrogen-bond donors (Lipinski definition) is 2. The fraction of sp³-hybridized carbons (Fsp3) is 0.0455. The molecule has 0 fully saturated rings. The number of anilines is 1. The summed E-state index contributed by atoms with van der Waals surface area (Å²) in [4.78, 5) is 29.3. The third-order valence-corrected chi connectivity index (χ3v) is 4.90. The summed E-state index contributed by atoms with van der Waals surface area (Å²) in [6, 6.07) is 12.0. The van der Waals surface area contributed by atoms with E-state index >= 15 is 0 Å². The Labute approximate surface area is 175 Å². The molecule has 150 valence electrons. The molecule has 0 bridgehead atoms. The van der Waals surface area contributed by atoms with Crippen LogP contribution in [0.3, 0.4) is 0 Å². The van der Waals surface area contributed by atoms with E-state index < -0.39 is 11.7 Å². The van der Waals surface area contributed by atoms with Gasteiger partial charge >= 0.3 is 0 Å². The Balaban J connectivity index is 1.70. The van der Waals surface area contributed by atoms with E-state index in [4.69, 9.17) is 11.6 Å². The zero-order chi connectivity index (χ0) is 21.3. The molecular formula is C22H15ClFN3O3. The number of pyridine rings is 1. The lowest BCUT2D eigenvalue weighted by molar-refractivity contribution is -0.112. The largest absolute Gasteiger partial charge is 0.508 e. The molecule has 0 unspecified atom stereocenters. The second-order valence-corrected chi connectivity index (χ2v) is 7.04. The number of Topliss-reactive ketones (excluding diaryl/α,β-unsaturated/α-hetero) is 1. The normalized spacial score (nSPS) is 10.9. The Morgan fingerprint density at radius 2 is 1.90 bits per heavy atom. The number of phenols is 1. The van der Waals surface area contributed by atoms with E-state index in [1.54, 1.807) is 29.0 Å². The Bertz CT molecular complexity index is 1270. The molecule has 0 aliphatic carbocycles. The SMILES string of the molecule is O=C(Nc1ccncc1Cl)C(=O)c1cn(Cc2ccc(F)cc2)c2ccc(O)cc12. The summed E-state index contributed by atoms with van der Waals surface area (Å²) in [6.07, 6.45) is 4.34. The van der Waals surface area contributed by atoms with Crippen molar-refractivity contribution in [2.24, 2.45) is 0 Å². The number of amides is 1. The van der Waals surface area contributed by atoms with E-state index in [0.29, 0.717) is 17.4 Å². The number of benzene rings is 2.